The van der Waals surface area contributed by atoms with Gasteiger partial charge in [-0.05, 0) is 37.5 Å². The highest BCUT2D eigenvalue weighted by atomic mass is 16.2. The van der Waals surface area contributed by atoms with Crippen LogP contribution in [0.15, 0.2) is 4.99 Å². The molecule has 13 heavy (non-hydrogen) atoms. The summed E-state index contributed by atoms with van der Waals surface area (Å²) >= 11 is 0. The lowest BCUT2D eigenvalue weighted by atomic mass is 9.81. The van der Waals surface area contributed by atoms with Crippen molar-refractivity contribution in [2.75, 3.05) is 0 Å². The van der Waals surface area contributed by atoms with Crippen molar-refractivity contribution in [3.05, 3.63) is 0 Å². The molecule has 1 amide bonds. The fourth-order valence-electron chi connectivity index (χ4n) is 3.23. The van der Waals surface area contributed by atoms with E-state index in [0.29, 0.717) is 17.8 Å². The van der Waals surface area contributed by atoms with E-state index in [4.69, 9.17) is 5.73 Å². The van der Waals surface area contributed by atoms with Crippen molar-refractivity contribution in [1.82, 2.24) is 5.32 Å². The van der Waals surface area contributed by atoms with Gasteiger partial charge in [-0.25, -0.2) is 4.99 Å². The summed E-state index contributed by atoms with van der Waals surface area (Å²) < 4.78 is 0. The molecule has 1 spiro atoms. The monoisotopic (exact) mass is 179 g/mol. The van der Waals surface area contributed by atoms with Crippen molar-refractivity contribution in [2.45, 2.75) is 31.2 Å². The number of hydrogen-bond acceptors (Lipinski definition) is 3. The number of nitrogens with zero attached hydrogens (tertiary/aromatic N) is 1. The van der Waals surface area contributed by atoms with Crippen LogP contribution in [-0.2, 0) is 4.79 Å². The molecule has 2 saturated carbocycles. The zero-order chi connectivity index (χ0) is 9.05. The van der Waals surface area contributed by atoms with Crippen molar-refractivity contribution >= 4 is 11.9 Å². The lowest BCUT2D eigenvalue weighted by Gasteiger charge is -2.27. The van der Waals surface area contributed by atoms with Crippen LogP contribution in [-0.4, -0.2) is 17.4 Å². The number of rotatable bonds is 0. The van der Waals surface area contributed by atoms with Crippen LogP contribution in [0.25, 0.3) is 0 Å². The van der Waals surface area contributed by atoms with Gasteiger partial charge in [0, 0.05) is 0 Å². The third-order valence-electron chi connectivity index (χ3n) is 3.77. The van der Waals surface area contributed by atoms with Crippen molar-refractivity contribution in [3.8, 4) is 0 Å². The molecule has 0 saturated heterocycles. The standard InChI is InChI=1S/C9H13N3O/c10-8-11-7(13)9(12-8)4-5-1-2-6(9)3-5/h5-6H,1-4H2,(H3,10,11,12,13). The van der Waals surface area contributed by atoms with Gasteiger partial charge in [0.25, 0.3) is 5.91 Å². The van der Waals surface area contributed by atoms with Gasteiger partial charge in [-0.1, -0.05) is 0 Å². The number of nitrogens with two attached hydrogens (primary N) is 1. The molecule has 3 N–H and O–H groups in total. The predicted molar refractivity (Wildman–Crippen MR) is 47.9 cm³/mol. The van der Waals surface area contributed by atoms with E-state index in [-0.39, 0.29) is 5.91 Å². The molecule has 0 aromatic carbocycles. The van der Waals surface area contributed by atoms with Gasteiger partial charge in [0.05, 0.1) is 0 Å². The van der Waals surface area contributed by atoms with Crippen LogP contribution >= 0.6 is 0 Å². The number of amides is 1. The maximum atomic E-state index is 11.7. The van der Waals surface area contributed by atoms with Crippen LogP contribution in [0.5, 0.6) is 0 Å². The molecule has 0 aromatic rings. The molecule has 0 radical (unpaired) electrons. The summed E-state index contributed by atoms with van der Waals surface area (Å²) in [5, 5.41) is 2.62. The van der Waals surface area contributed by atoms with Crippen LogP contribution in [0.4, 0.5) is 0 Å². The predicted octanol–water partition coefficient (Wildman–Crippen LogP) is -0.0103. The van der Waals surface area contributed by atoms with E-state index in [1.165, 1.54) is 12.8 Å². The van der Waals surface area contributed by atoms with Gasteiger partial charge >= 0.3 is 0 Å². The van der Waals surface area contributed by atoms with E-state index < -0.39 is 5.54 Å². The van der Waals surface area contributed by atoms with Gasteiger partial charge in [-0.2, -0.15) is 0 Å². The minimum absolute atomic E-state index is 0.0391. The smallest absolute Gasteiger partial charge is 0.255 e. The second-order valence-corrected chi connectivity index (χ2v) is 4.46. The van der Waals surface area contributed by atoms with Crippen LogP contribution in [0.2, 0.25) is 0 Å². The van der Waals surface area contributed by atoms with E-state index >= 15 is 0 Å². The maximum Gasteiger partial charge on any atom is 0.255 e. The van der Waals surface area contributed by atoms with Crippen LogP contribution in [0.1, 0.15) is 25.7 Å². The fraction of sp³-hybridized carbons (Fsp3) is 0.778. The van der Waals surface area contributed by atoms with E-state index in [2.05, 4.69) is 10.3 Å². The highest BCUT2D eigenvalue weighted by molar-refractivity contribution is 6.07. The Morgan fingerprint density at radius 1 is 1.54 bits per heavy atom. The summed E-state index contributed by atoms with van der Waals surface area (Å²) in [4.78, 5) is 16.0. The molecule has 2 bridgehead atoms. The first-order valence-corrected chi connectivity index (χ1v) is 4.87. The van der Waals surface area contributed by atoms with Crippen LogP contribution in [0, 0.1) is 11.8 Å². The highest BCUT2D eigenvalue weighted by Crippen LogP contribution is 2.53. The average molecular weight is 179 g/mol. The molecule has 70 valence electrons. The van der Waals surface area contributed by atoms with Crippen molar-refractivity contribution < 1.29 is 4.79 Å². The Morgan fingerprint density at radius 3 is 2.85 bits per heavy atom. The van der Waals surface area contributed by atoms with Gasteiger partial charge in [0.2, 0.25) is 0 Å². The summed E-state index contributed by atoms with van der Waals surface area (Å²) in [5.41, 5.74) is 5.08. The zero-order valence-corrected chi connectivity index (χ0v) is 7.42. The van der Waals surface area contributed by atoms with Crippen LogP contribution in [0.3, 0.4) is 0 Å². The number of aliphatic imine (C=N–C) groups is 1. The molecule has 3 aliphatic rings. The van der Waals surface area contributed by atoms with E-state index in [9.17, 15) is 4.79 Å². The molecular weight excluding hydrogens is 166 g/mol. The Morgan fingerprint density at radius 2 is 2.38 bits per heavy atom. The number of fused-ring (bicyclic) bond motifs is 3. The largest absolute Gasteiger partial charge is 0.370 e. The zero-order valence-electron chi connectivity index (χ0n) is 7.42. The van der Waals surface area contributed by atoms with Gasteiger partial charge in [0.1, 0.15) is 5.54 Å². The Bertz CT molecular complexity index is 312. The maximum absolute atomic E-state index is 11.7. The highest BCUT2D eigenvalue weighted by Gasteiger charge is 2.58. The second-order valence-electron chi connectivity index (χ2n) is 4.46. The summed E-state index contributed by atoms with van der Waals surface area (Å²) in [5.74, 6) is 1.53. The van der Waals surface area contributed by atoms with Crippen molar-refractivity contribution in [2.24, 2.45) is 22.6 Å². The molecule has 4 heteroatoms. The minimum atomic E-state index is -0.451. The Balaban J connectivity index is 2.02. The average Bonchev–Trinajstić information content (AvgIpc) is 2.68. The van der Waals surface area contributed by atoms with Crippen LogP contribution < -0.4 is 11.1 Å². The Labute approximate surface area is 76.6 Å². The van der Waals surface area contributed by atoms with E-state index in [1.54, 1.807) is 0 Å². The topological polar surface area (TPSA) is 67.5 Å². The lowest BCUT2D eigenvalue weighted by molar-refractivity contribution is -0.125. The van der Waals surface area contributed by atoms with Gasteiger partial charge in [-0.15, -0.1) is 0 Å². The first kappa shape index (κ1) is 7.35. The summed E-state index contributed by atoms with van der Waals surface area (Å²) in [7, 11) is 0. The normalized spacial score (nSPS) is 47.1. The summed E-state index contributed by atoms with van der Waals surface area (Å²) in [6.45, 7) is 0. The number of nitrogens with one attached hydrogen (secondary N) is 1. The first-order valence-electron chi connectivity index (χ1n) is 4.87. The molecule has 1 aliphatic heterocycles. The second kappa shape index (κ2) is 2.05. The summed E-state index contributed by atoms with van der Waals surface area (Å²) in [6.07, 6.45) is 4.51. The Hall–Kier alpha value is -1.06. The van der Waals surface area contributed by atoms with Crippen molar-refractivity contribution in [3.63, 3.8) is 0 Å². The number of carbonyl (C=O) groups excluding carboxylic acids is 1. The van der Waals surface area contributed by atoms with Gasteiger partial charge < -0.3 is 5.73 Å². The molecule has 0 aromatic heterocycles. The SMILES string of the molecule is NC1=NC2(CC3CCC2C3)C(=O)N1. The molecule has 3 rings (SSSR count). The number of guanidine groups is 1. The molecular formula is C9H13N3O. The molecule has 2 aliphatic carbocycles. The number of hydrogen-bond donors (Lipinski definition) is 2. The fourth-order valence-corrected chi connectivity index (χ4v) is 3.23. The van der Waals surface area contributed by atoms with E-state index in [0.717, 1.165) is 12.8 Å². The molecule has 1 heterocycles. The molecule has 4 nitrogen and oxygen atoms in total. The van der Waals surface area contributed by atoms with E-state index in [1.807, 2.05) is 0 Å². The third-order valence-corrected chi connectivity index (χ3v) is 3.77. The number of carbonyl (C=O) groups is 1. The summed E-state index contributed by atoms with van der Waals surface area (Å²) in [6, 6.07) is 0. The lowest BCUT2D eigenvalue weighted by Crippen LogP contribution is -2.44. The van der Waals surface area contributed by atoms with Gasteiger partial charge in [-0.3, -0.25) is 10.1 Å². The van der Waals surface area contributed by atoms with Gasteiger partial charge in [0.15, 0.2) is 5.96 Å². The first-order chi connectivity index (χ1) is 6.21. The molecule has 3 atom stereocenters. The quantitative estimate of drug-likeness (QED) is 0.549. The minimum Gasteiger partial charge on any atom is -0.370 e. The molecule has 3 unspecified atom stereocenters. The third kappa shape index (κ3) is 0.759. The molecule has 2 fully saturated rings. The Kier molecular flexibility index (Phi) is 1.16. The van der Waals surface area contributed by atoms with Crippen molar-refractivity contribution in [1.29, 1.82) is 0 Å².